The third-order valence-electron chi connectivity index (χ3n) is 2.86. The van der Waals surface area contributed by atoms with Crippen LogP contribution in [0.15, 0.2) is 46.6 Å². The van der Waals surface area contributed by atoms with E-state index in [1.54, 1.807) is 18.0 Å². The maximum Gasteiger partial charge on any atom is 0.171 e. The normalized spacial score (nSPS) is 11.1. The molecule has 0 amide bonds. The molecule has 0 bridgehead atoms. The van der Waals surface area contributed by atoms with E-state index in [1.165, 1.54) is 5.56 Å². The SMILES string of the molecule is Cc1ccc2nc(Sc3cccnc3CN)[nH]c2c1. The second-order valence-electron chi connectivity index (χ2n) is 4.32. The van der Waals surface area contributed by atoms with Crippen LogP contribution in [-0.2, 0) is 6.54 Å². The molecule has 3 aromatic rings. The van der Waals surface area contributed by atoms with Crippen molar-refractivity contribution in [2.24, 2.45) is 5.73 Å². The van der Waals surface area contributed by atoms with E-state index in [-0.39, 0.29) is 0 Å². The van der Waals surface area contributed by atoms with Gasteiger partial charge in [-0.25, -0.2) is 4.98 Å². The fourth-order valence-electron chi connectivity index (χ4n) is 1.92. The summed E-state index contributed by atoms with van der Waals surface area (Å²) in [5.41, 5.74) is 9.84. The van der Waals surface area contributed by atoms with Crippen LogP contribution in [0.25, 0.3) is 11.0 Å². The van der Waals surface area contributed by atoms with E-state index >= 15 is 0 Å². The van der Waals surface area contributed by atoms with Crippen molar-refractivity contribution in [2.75, 3.05) is 0 Å². The van der Waals surface area contributed by atoms with Crippen LogP contribution in [0.4, 0.5) is 0 Å². The van der Waals surface area contributed by atoms with Gasteiger partial charge in [-0.2, -0.15) is 0 Å². The second-order valence-corrected chi connectivity index (χ2v) is 5.35. The molecule has 0 aliphatic rings. The molecule has 3 rings (SSSR count). The van der Waals surface area contributed by atoms with Gasteiger partial charge in [0.15, 0.2) is 5.16 Å². The summed E-state index contributed by atoms with van der Waals surface area (Å²) in [5.74, 6) is 0. The smallest absolute Gasteiger partial charge is 0.171 e. The molecule has 3 N–H and O–H groups in total. The summed E-state index contributed by atoms with van der Waals surface area (Å²) in [6.45, 7) is 2.50. The molecular formula is C14H14N4S. The Kier molecular flexibility index (Phi) is 3.23. The van der Waals surface area contributed by atoms with E-state index in [9.17, 15) is 0 Å². The molecule has 1 aromatic carbocycles. The highest BCUT2D eigenvalue weighted by molar-refractivity contribution is 7.99. The third-order valence-corrected chi connectivity index (χ3v) is 3.84. The zero-order valence-corrected chi connectivity index (χ0v) is 11.4. The quantitative estimate of drug-likeness (QED) is 0.768. The number of imidazole rings is 1. The number of nitrogens with zero attached hydrogens (tertiary/aromatic N) is 2. The van der Waals surface area contributed by atoms with E-state index in [0.29, 0.717) is 6.54 Å². The highest BCUT2D eigenvalue weighted by atomic mass is 32.2. The molecule has 2 aromatic heterocycles. The first kappa shape index (κ1) is 12.2. The minimum Gasteiger partial charge on any atom is -0.333 e. The number of hydrogen-bond donors (Lipinski definition) is 2. The number of aromatic amines is 1. The van der Waals surface area contributed by atoms with E-state index in [2.05, 4.69) is 34.0 Å². The van der Waals surface area contributed by atoms with Crippen molar-refractivity contribution in [2.45, 2.75) is 23.5 Å². The molecule has 0 unspecified atom stereocenters. The summed E-state index contributed by atoms with van der Waals surface area (Å²) in [7, 11) is 0. The van der Waals surface area contributed by atoms with Crippen molar-refractivity contribution >= 4 is 22.8 Å². The average molecular weight is 270 g/mol. The van der Waals surface area contributed by atoms with Crippen molar-refractivity contribution < 1.29 is 0 Å². The number of rotatable bonds is 3. The Morgan fingerprint density at radius 1 is 1.32 bits per heavy atom. The number of pyridine rings is 1. The second kappa shape index (κ2) is 5.03. The van der Waals surface area contributed by atoms with Crippen molar-refractivity contribution in [3.8, 4) is 0 Å². The molecule has 0 atom stereocenters. The standard InChI is InChI=1S/C14H14N4S/c1-9-4-5-10-11(7-9)18-14(17-10)19-13-3-2-6-16-12(13)8-15/h2-7H,8,15H2,1H3,(H,17,18). The fraction of sp³-hybridized carbons (Fsp3) is 0.143. The van der Waals surface area contributed by atoms with Gasteiger partial charge in [0.2, 0.25) is 0 Å². The summed E-state index contributed by atoms with van der Waals surface area (Å²) in [6, 6.07) is 10.1. The molecular weight excluding hydrogens is 256 g/mol. The van der Waals surface area contributed by atoms with E-state index < -0.39 is 0 Å². The highest BCUT2D eigenvalue weighted by Gasteiger charge is 2.08. The van der Waals surface area contributed by atoms with Crippen LogP contribution in [0, 0.1) is 6.92 Å². The molecule has 96 valence electrons. The fourth-order valence-corrected chi connectivity index (χ4v) is 2.84. The average Bonchev–Trinajstić information content (AvgIpc) is 2.80. The van der Waals surface area contributed by atoms with E-state index in [1.807, 2.05) is 18.2 Å². The first-order valence-electron chi connectivity index (χ1n) is 6.04. The molecule has 19 heavy (non-hydrogen) atoms. The van der Waals surface area contributed by atoms with Gasteiger partial charge in [-0.15, -0.1) is 0 Å². The Balaban J connectivity index is 1.96. The molecule has 5 heteroatoms. The van der Waals surface area contributed by atoms with Crippen LogP contribution in [0.5, 0.6) is 0 Å². The Bertz CT molecular complexity index is 720. The third kappa shape index (κ3) is 2.47. The van der Waals surface area contributed by atoms with E-state index in [0.717, 1.165) is 26.8 Å². The van der Waals surface area contributed by atoms with Gasteiger partial charge in [-0.05, 0) is 48.5 Å². The Hall–Kier alpha value is -1.85. The minimum absolute atomic E-state index is 0.433. The molecule has 0 fully saturated rings. The van der Waals surface area contributed by atoms with Gasteiger partial charge in [0, 0.05) is 17.6 Å². The maximum atomic E-state index is 5.69. The molecule has 0 aliphatic heterocycles. The van der Waals surface area contributed by atoms with Crippen molar-refractivity contribution in [1.29, 1.82) is 0 Å². The largest absolute Gasteiger partial charge is 0.333 e. The number of H-pyrrole nitrogens is 1. The highest BCUT2D eigenvalue weighted by Crippen LogP contribution is 2.29. The lowest BCUT2D eigenvalue weighted by Gasteiger charge is -2.03. The van der Waals surface area contributed by atoms with Crippen LogP contribution in [0.2, 0.25) is 0 Å². The number of nitrogens with one attached hydrogen (secondary N) is 1. The predicted molar refractivity (Wildman–Crippen MR) is 77.1 cm³/mol. The van der Waals surface area contributed by atoms with Gasteiger partial charge >= 0.3 is 0 Å². The maximum absolute atomic E-state index is 5.69. The Labute approximate surface area is 115 Å². The summed E-state index contributed by atoms with van der Waals surface area (Å²) < 4.78 is 0. The number of fused-ring (bicyclic) bond motifs is 1. The molecule has 0 saturated heterocycles. The van der Waals surface area contributed by atoms with Crippen molar-refractivity contribution in [3.63, 3.8) is 0 Å². The minimum atomic E-state index is 0.433. The number of aryl methyl sites for hydroxylation is 1. The van der Waals surface area contributed by atoms with Gasteiger partial charge in [-0.1, -0.05) is 6.07 Å². The molecule has 0 spiro atoms. The van der Waals surface area contributed by atoms with Gasteiger partial charge < -0.3 is 10.7 Å². The zero-order chi connectivity index (χ0) is 13.2. The van der Waals surface area contributed by atoms with Gasteiger partial charge in [-0.3, -0.25) is 4.98 Å². The van der Waals surface area contributed by atoms with Crippen LogP contribution in [0.3, 0.4) is 0 Å². The molecule has 0 aliphatic carbocycles. The lowest BCUT2D eigenvalue weighted by Crippen LogP contribution is -2.00. The zero-order valence-electron chi connectivity index (χ0n) is 10.6. The number of hydrogen-bond acceptors (Lipinski definition) is 4. The number of nitrogens with two attached hydrogens (primary N) is 1. The van der Waals surface area contributed by atoms with Crippen LogP contribution < -0.4 is 5.73 Å². The number of aromatic nitrogens is 3. The first-order chi connectivity index (χ1) is 9.26. The van der Waals surface area contributed by atoms with Gasteiger partial charge in [0.25, 0.3) is 0 Å². The summed E-state index contributed by atoms with van der Waals surface area (Å²) in [5, 5.41) is 0.864. The lowest BCUT2D eigenvalue weighted by atomic mass is 10.2. The van der Waals surface area contributed by atoms with Gasteiger partial charge in [0.05, 0.1) is 16.7 Å². The Morgan fingerprint density at radius 2 is 2.21 bits per heavy atom. The first-order valence-corrected chi connectivity index (χ1v) is 6.86. The lowest BCUT2D eigenvalue weighted by molar-refractivity contribution is 0.940. The van der Waals surface area contributed by atoms with Gasteiger partial charge in [0.1, 0.15) is 0 Å². The predicted octanol–water partition coefficient (Wildman–Crippen LogP) is 2.88. The topological polar surface area (TPSA) is 67.6 Å². The van der Waals surface area contributed by atoms with Crippen LogP contribution in [-0.4, -0.2) is 15.0 Å². The molecule has 0 radical (unpaired) electrons. The van der Waals surface area contributed by atoms with Crippen LogP contribution in [0.1, 0.15) is 11.3 Å². The molecule has 4 nitrogen and oxygen atoms in total. The number of benzene rings is 1. The van der Waals surface area contributed by atoms with Crippen molar-refractivity contribution in [3.05, 3.63) is 47.8 Å². The van der Waals surface area contributed by atoms with Crippen molar-refractivity contribution in [1.82, 2.24) is 15.0 Å². The monoisotopic (exact) mass is 270 g/mol. The molecule has 2 heterocycles. The Morgan fingerprint density at radius 3 is 3.05 bits per heavy atom. The summed E-state index contributed by atoms with van der Waals surface area (Å²) in [4.78, 5) is 13.2. The summed E-state index contributed by atoms with van der Waals surface area (Å²) in [6.07, 6.45) is 1.76. The molecule has 0 saturated carbocycles. The van der Waals surface area contributed by atoms with E-state index in [4.69, 9.17) is 5.73 Å². The summed E-state index contributed by atoms with van der Waals surface area (Å²) >= 11 is 1.56. The van der Waals surface area contributed by atoms with Crippen LogP contribution >= 0.6 is 11.8 Å².